The quantitative estimate of drug-likeness (QED) is 0.665. The fourth-order valence-corrected chi connectivity index (χ4v) is 2.19. The second kappa shape index (κ2) is 7.43. The summed E-state index contributed by atoms with van der Waals surface area (Å²) in [5.74, 6) is -0.593. The summed E-state index contributed by atoms with van der Waals surface area (Å²) in [6, 6.07) is 0. The van der Waals surface area contributed by atoms with Crippen molar-refractivity contribution < 1.29 is 19.0 Å². The number of halogens is 1. The van der Waals surface area contributed by atoms with Crippen molar-refractivity contribution in [3.63, 3.8) is 0 Å². The lowest BCUT2D eigenvalue weighted by molar-refractivity contribution is -0.163. The Bertz CT molecular complexity index is 748. The minimum absolute atomic E-state index is 0.0671. The van der Waals surface area contributed by atoms with Crippen molar-refractivity contribution in [2.24, 2.45) is 5.73 Å². The van der Waals surface area contributed by atoms with Gasteiger partial charge in [0.1, 0.15) is 12.1 Å². The Kier molecular flexibility index (Phi) is 5.75. The Labute approximate surface area is 145 Å². The lowest BCUT2D eigenvalue weighted by Crippen LogP contribution is -2.43. The molecule has 0 spiro atoms. The summed E-state index contributed by atoms with van der Waals surface area (Å²) >= 11 is 3.07. The first-order chi connectivity index (χ1) is 11.2. The number of esters is 1. The van der Waals surface area contributed by atoms with Crippen LogP contribution in [0.3, 0.4) is 0 Å². The number of carbonyl (C=O) groups excluding carboxylic acids is 1. The molecule has 1 fully saturated rings. The highest BCUT2D eigenvalue weighted by molar-refractivity contribution is 9.11. The molecule has 132 valence electrons. The molecule has 0 unspecified atom stereocenters. The molecule has 0 amide bonds. The van der Waals surface area contributed by atoms with E-state index in [0.717, 1.165) is 0 Å². The first-order valence-electron chi connectivity index (χ1n) is 7.08. The summed E-state index contributed by atoms with van der Waals surface area (Å²) < 4.78 is 17.1. The standard InChI is InChI=1S/C14H18BrN3O6/c1-14(2,16)12(20)23-7-10-22-6-9(24-10)18-5-8(3-4-15)11(19)17-13(18)21/h3-5,9-10H,6-7,16H2,1-2H3,(H,17,19,21)/b4-3+/t9-,10-/m0/s1. The van der Waals surface area contributed by atoms with Gasteiger partial charge in [-0.15, -0.1) is 0 Å². The van der Waals surface area contributed by atoms with Gasteiger partial charge >= 0.3 is 11.7 Å². The van der Waals surface area contributed by atoms with Gasteiger partial charge in [0.2, 0.25) is 0 Å². The van der Waals surface area contributed by atoms with Crippen LogP contribution in [0, 0.1) is 0 Å². The van der Waals surface area contributed by atoms with Gasteiger partial charge in [-0.3, -0.25) is 19.1 Å². The fraction of sp³-hybridized carbons (Fsp3) is 0.500. The van der Waals surface area contributed by atoms with Crippen LogP contribution >= 0.6 is 15.9 Å². The summed E-state index contributed by atoms with van der Waals surface area (Å²) in [4.78, 5) is 38.9. The van der Waals surface area contributed by atoms with Crippen molar-refractivity contribution in [2.45, 2.75) is 31.9 Å². The molecule has 2 rings (SSSR count). The molecule has 24 heavy (non-hydrogen) atoms. The molecule has 0 aliphatic carbocycles. The minimum Gasteiger partial charge on any atom is -0.459 e. The van der Waals surface area contributed by atoms with Gasteiger partial charge < -0.3 is 19.9 Å². The van der Waals surface area contributed by atoms with Crippen molar-refractivity contribution in [1.29, 1.82) is 0 Å². The van der Waals surface area contributed by atoms with Gasteiger partial charge in [-0.05, 0) is 24.9 Å². The van der Waals surface area contributed by atoms with Gasteiger partial charge in [0, 0.05) is 6.20 Å². The number of hydrogen-bond acceptors (Lipinski definition) is 7. The zero-order chi connectivity index (χ0) is 17.9. The third-order valence-electron chi connectivity index (χ3n) is 3.16. The fourth-order valence-electron chi connectivity index (χ4n) is 1.91. The van der Waals surface area contributed by atoms with E-state index in [2.05, 4.69) is 20.9 Å². The molecule has 1 aliphatic rings. The van der Waals surface area contributed by atoms with Crippen molar-refractivity contribution in [2.75, 3.05) is 13.2 Å². The van der Waals surface area contributed by atoms with Gasteiger partial charge in [-0.25, -0.2) is 4.79 Å². The molecule has 10 heteroatoms. The molecule has 3 N–H and O–H groups in total. The number of nitrogens with one attached hydrogen (secondary N) is 1. The molecule has 0 bridgehead atoms. The molecule has 1 aromatic heterocycles. The van der Waals surface area contributed by atoms with Crippen LogP contribution in [0.1, 0.15) is 25.6 Å². The number of H-pyrrole nitrogens is 1. The maximum absolute atomic E-state index is 11.9. The monoisotopic (exact) mass is 403 g/mol. The first-order valence-corrected chi connectivity index (χ1v) is 7.99. The second-order valence-corrected chi connectivity index (χ2v) is 6.25. The van der Waals surface area contributed by atoms with Crippen LogP contribution in [0.4, 0.5) is 0 Å². The van der Waals surface area contributed by atoms with Crippen LogP contribution in [0.5, 0.6) is 0 Å². The van der Waals surface area contributed by atoms with E-state index in [0.29, 0.717) is 0 Å². The lowest BCUT2D eigenvalue weighted by Gasteiger charge is -2.18. The predicted octanol–water partition coefficient (Wildman–Crippen LogP) is 0.0542. The molecule has 1 saturated heterocycles. The highest BCUT2D eigenvalue weighted by atomic mass is 79.9. The molecule has 0 saturated carbocycles. The highest BCUT2D eigenvalue weighted by Crippen LogP contribution is 2.20. The van der Waals surface area contributed by atoms with Crippen LogP contribution in [-0.2, 0) is 19.0 Å². The molecule has 2 atom stereocenters. The maximum atomic E-state index is 11.9. The van der Waals surface area contributed by atoms with Gasteiger partial charge in [-0.1, -0.05) is 15.9 Å². The average molecular weight is 404 g/mol. The smallest absolute Gasteiger partial charge is 0.330 e. The third kappa shape index (κ3) is 4.41. The predicted molar refractivity (Wildman–Crippen MR) is 88.4 cm³/mol. The molecule has 0 radical (unpaired) electrons. The van der Waals surface area contributed by atoms with Crippen LogP contribution < -0.4 is 17.0 Å². The van der Waals surface area contributed by atoms with E-state index < -0.39 is 35.3 Å². The van der Waals surface area contributed by atoms with E-state index in [1.807, 2.05) is 0 Å². The summed E-state index contributed by atoms with van der Waals surface area (Å²) in [5.41, 5.74) is 3.63. The zero-order valence-corrected chi connectivity index (χ0v) is 14.7. The van der Waals surface area contributed by atoms with Gasteiger partial charge in [0.15, 0.2) is 12.5 Å². The van der Waals surface area contributed by atoms with E-state index in [1.165, 1.54) is 35.7 Å². The first kappa shape index (κ1) is 18.6. The maximum Gasteiger partial charge on any atom is 0.330 e. The number of aromatic amines is 1. The zero-order valence-electron chi connectivity index (χ0n) is 13.2. The molecule has 1 aliphatic heterocycles. The number of hydrogen-bond donors (Lipinski definition) is 2. The Morgan fingerprint density at radius 2 is 2.29 bits per heavy atom. The normalized spacial score (nSPS) is 21.3. The third-order valence-corrected chi connectivity index (χ3v) is 3.42. The minimum atomic E-state index is -1.12. The van der Waals surface area contributed by atoms with E-state index >= 15 is 0 Å². The molecular weight excluding hydrogens is 386 g/mol. The highest BCUT2D eigenvalue weighted by Gasteiger charge is 2.31. The van der Waals surface area contributed by atoms with Crippen LogP contribution in [0.2, 0.25) is 0 Å². The number of carbonyl (C=O) groups is 1. The Hall–Kier alpha value is -1.75. The van der Waals surface area contributed by atoms with E-state index in [9.17, 15) is 14.4 Å². The molecule has 9 nitrogen and oxygen atoms in total. The van der Waals surface area contributed by atoms with Gasteiger partial charge in [0.05, 0.1) is 12.2 Å². The van der Waals surface area contributed by atoms with Crippen LogP contribution in [0.25, 0.3) is 6.08 Å². The number of aromatic nitrogens is 2. The number of nitrogens with zero attached hydrogens (tertiary/aromatic N) is 1. The van der Waals surface area contributed by atoms with Crippen molar-refractivity contribution in [1.82, 2.24) is 9.55 Å². The summed E-state index contributed by atoms with van der Waals surface area (Å²) in [6.45, 7) is 2.96. The molecular formula is C14H18BrN3O6. The largest absolute Gasteiger partial charge is 0.459 e. The summed E-state index contributed by atoms with van der Waals surface area (Å²) in [6.07, 6.45) is 1.29. The SMILES string of the molecule is CC(C)(N)C(=O)OC[C@H]1OC[C@@H](n2cc(/C=C/Br)c(=O)[nH]c2=O)O1. The average Bonchev–Trinajstić information content (AvgIpc) is 2.95. The lowest BCUT2D eigenvalue weighted by atomic mass is 10.1. The summed E-state index contributed by atoms with van der Waals surface area (Å²) in [5, 5.41) is 0. The van der Waals surface area contributed by atoms with Crippen LogP contribution in [0.15, 0.2) is 20.8 Å². The van der Waals surface area contributed by atoms with E-state index in [4.69, 9.17) is 19.9 Å². The number of nitrogens with two attached hydrogens (primary N) is 1. The molecule has 0 aromatic carbocycles. The van der Waals surface area contributed by atoms with E-state index in [1.54, 1.807) is 0 Å². The van der Waals surface area contributed by atoms with Crippen molar-refractivity contribution >= 4 is 28.0 Å². The van der Waals surface area contributed by atoms with Crippen LogP contribution in [-0.4, -0.2) is 40.6 Å². The van der Waals surface area contributed by atoms with E-state index in [-0.39, 0.29) is 18.8 Å². The topological polar surface area (TPSA) is 126 Å². The number of rotatable bonds is 5. The molecule has 2 heterocycles. The molecule has 1 aromatic rings. The van der Waals surface area contributed by atoms with Gasteiger partial charge in [-0.2, -0.15) is 0 Å². The summed E-state index contributed by atoms with van der Waals surface area (Å²) in [7, 11) is 0. The Morgan fingerprint density at radius 3 is 2.92 bits per heavy atom. The Morgan fingerprint density at radius 1 is 1.58 bits per heavy atom. The second-order valence-electron chi connectivity index (χ2n) is 5.72. The van der Waals surface area contributed by atoms with Crippen molar-refractivity contribution in [3.05, 3.63) is 37.6 Å². The van der Waals surface area contributed by atoms with Gasteiger partial charge in [0.25, 0.3) is 5.56 Å². The Balaban J connectivity index is 2.06. The van der Waals surface area contributed by atoms with Crippen molar-refractivity contribution in [3.8, 4) is 0 Å². The number of ether oxygens (including phenoxy) is 3.